The monoisotopic (exact) mass is 610 g/mol. The highest BCUT2D eigenvalue weighted by atomic mass is 31.2. The number of rotatable bonds is 4. The predicted molar refractivity (Wildman–Crippen MR) is 178 cm³/mol. The zero-order valence-electron chi connectivity index (χ0n) is 25.4. The van der Waals surface area contributed by atoms with Crippen molar-refractivity contribution in [3.8, 4) is 33.8 Å². The Bertz CT molecular complexity index is 1650. The molecular weight excluding hydrogens is 572 g/mol. The van der Waals surface area contributed by atoms with E-state index in [1.165, 1.54) is 21.5 Å². The van der Waals surface area contributed by atoms with Crippen LogP contribution in [0.4, 0.5) is 0 Å². The Kier molecular flexibility index (Phi) is 6.18. The van der Waals surface area contributed by atoms with Crippen LogP contribution < -0.4 is 19.4 Å². The molecule has 7 rings (SSSR count). The molecule has 7 heteroatoms. The summed E-state index contributed by atoms with van der Waals surface area (Å²) in [6.45, 7) is 14.0. The second-order valence-electron chi connectivity index (χ2n) is 14.3. The zero-order chi connectivity index (χ0) is 29.7. The average Bonchev–Trinajstić information content (AvgIpc) is 3.49. The van der Waals surface area contributed by atoms with Gasteiger partial charge in [-0.05, 0) is 47.9 Å². The molecule has 1 heterocycles. The van der Waals surface area contributed by atoms with Gasteiger partial charge in [0.15, 0.2) is 0 Å². The number of phosphoric acid groups is 1. The van der Waals surface area contributed by atoms with Crippen LogP contribution in [0.1, 0.15) is 35.1 Å². The molecule has 0 fully saturated rings. The largest absolute Gasteiger partial charge is 0.584 e. The van der Waals surface area contributed by atoms with E-state index >= 15 is 0 Å². The standard InChI is InChI=1S/C35H39O4PSi2/c1-41(2,3)27-13-7-23(8-14-27)29-17-11-25-19-21-35-22-20-26-12-18-30(24-9-15-28(16-10-24)42(4,5)6)34(32(26)35)39-40(36,37)38-33(29)31(25)35/h7-18H,19-22H2,1-6H3,(H,36,37). The van der Waals surface area contributed by atoms with Gasteiger partial charge < -0.3 is 9.05 Å². The highest BCUT2D eigenvalue weighted by molar-refractivity contribution is 7.48. The molecule has 0 atom stereocenters. The van der Waals surface area contributed by atoms with Crippen molar-refractivity contribution < 1.29 is 18.5 Å². The number of phosphoric ester groups is 1. The van der Waals surface area contributed by atoms with Gasteiger partial charge in [0.1, 0.15) is 11.5 Å². The van der Waals surface area contributed by atoms with Crippen LogP contribution in [0.3, 0.4) is 0 Å². The third-order valence-corrected chi connectivity index (χ3v) is 14.6. The van der Waals surface area contributed by atoms with Gasteiger partial charge in [-0.2, -0.15) is 0 Å². The van der Waals surface area contributed by atoms with Gasteiger partial charge >= 0.3 is 7.82 Å². The van der Waals surface area contributed by atoms with Crippen LogP contribution in [0.25, 0.3) is 22.3 Å². The maximum absolute atomic E-state index is 13.9. The van der Waals surface area contributed by atoms with Crippen molar-refractivity contribution >= 4 is 34.3 Å². The van der Waals surface area contributed by atoms with Gasteiger partial charge in [0.2, 0.25) is 0 Å². The molecule has 0 bridgehead atoms. The van der Waals surface area contributed by atoms with Crippen molar-refractivity contribution in [1.82, 2.24) is 0 Å². The average molecular weight is 611 g/mol. The number of aryl methyl sites for hydroxylation is 2. The molecule has 1 N–H and O–H groups in total. The molecule has 216 valence electrons. The van der Waals surface area contributed by atoms with Gasteiger partial charge in [0.25, 0.3) is 0 Å². The van der Waals surface area contributed by atoms with E-state index < -0.39 is 24.0 Å². The molecular formula is C35H39O4PSi2. The molecule has 0 amide bonds. The predicted octanol–water partition coefficient (Wildman–Crippen LogP) is 8.16. The van der Waals surface area contributed by atoms with Crippen molar-refractivity contribution in [3.63, 3.8) is 0 Å². The van der Waals surface area contributed by atoms with E-state index in [1.807, 2.05) is 0 Å². The molecule has 0 radical (unpaired) electrons. The van der Waals surface area contributed by atoms with Gasteiger partial charge in [-0.1, -0.05) is 122 Å². The molecule has 0 unspecified atom stereocenters. The fourth-order valence-electron chi connectivity index (χ4n) is 7.35. The fraction of sp³-hybridized carbons (Fsp3) is 0.314. The molecule has 1 spiro atoms. The normalized spacial score (nSPS) is 17.9. The second-order valence-corrected chi connectivity index (χ2v) is 25.8. The van der Waals surface area contributed by atoms with Crippen LogP contribution in [0.5, 0.6) is 11.5 Å². The molecule has 0 saturated carbocycles. The summed E-state index contributed by atoms with van der Waals surface area (Å²) in [7, 11) is -7.44. The molecule has 0 aromatic heterocycles. The second kappa shape index (κ2) is 9.30. The minimum absolute atomic E-state index is 0.307. The van der Waals surface area contributed by atoms with E-state index in [2.05, 4.69) is 112 Å². The van der Waals surface area contributed by atoms with E-state index in [1.54, 1.807) is 0 Å². The quantitative estimate of drug-likeness (QED) is 0.187. The van der Waals surface area contributed by atoms with Gasteiger partial charge in [-0.25, -0.2) is 4.57 Å². The Morgan fingerprint density at radius 1 is 0.619 bits per heavy atom. The van der Waals surface area contributed by atoms with Crippen LogP contribution in [0, 0.1) is 0 Å². The molecule has 1 aliphatic heterocycles. The van der Waals surface area contributed by atoms with E-state index in [4.69, 9.17) is 9.05 Å². The lowest BCUT2D eigenvalue weighted by Crippen LogP contribution is -2.37. The maximum Gasteiger partial charge on any atom is 0.584 e. The van der Waals surface area contributed by atoms with Gasteiger partial charge in [0.05, 0.1) is 16.1 Å². The fourth-order valence-corrected chi connectivity index (χ4v) is 10.6. The van der Waals surface area contributed by atoms with Crippen LogP contribution >= 0.6 is 7.82 Å². The smallest absolute Gasteiger partial charge is 0.394 e. The van der Waals surface area contributed by atoms with Crippen molar-refractivity contribution in [2.45, 2.75) is 70.4 Å². The first-order valence-electron chi connectivity index (χ1n) is 15.0. The van der Waals surface area contributed by atoms with E-state index in [0.717, 1.165) is 59.1 Å². The summed E-state index contributed by atoms with van der Waals surface area (Å²) in [5.41, 5.74) is 7.96. The van der Waals surface area contributed by atoms with Gasteiger partial charge in [-0.3, -0.25) is 4.89 Å². The van der Waals surface area contributed by atoms with E-state index in [9.17, 15) is 9.46 Å². The Morgan fingerprint density at radius 3 is 1.36 bits per heavy atom. The Labute approximate surface area is 251 Å². The molecule has 3 aliphatic rings. The molecule has 4 nitrogen and oxygen atoms in total. The van der Waals surface area contributed by atoms with Gasteiger partial charge in [-0.15, -0.1) is 0 Å². The number of benzene rings is 4. The highest BCUT2D eigenvalue weighted by Crippen LogP contribution is 2.65. The van der Waals surface area contributed by atoms with Crippen LogP contribution in [-0.4, -0.2) is 21.0 Å². The lowest BCUT2D eigenvalue weighted by molar-refractivity contribution is 0.281. The van der Waals surface area contributed by atoms with E-state index in [-0.39, 0.29) is 5.41 Å². The minimum Gasteiger partial charge on any atom is -0.394 e. The summed E-state index contributed by atoms with van der Waals surface area (Å²) < 4.78 is 26.2. The van der Waals surface area contributed by atoms with Crippen molar-refractivity contribution in [1.29, 1.82) is 0 Å². The van der Waals surface area contributed by atoms with Gasteiger partial charge in [0, 0.05) is 27.7 Å². The van der Waals surface area contributed by atoms with Crippen molar-refractivity contribution in [2.24, 2.45) is 0 Å². The SMILES string of the molecule is C[Si](C)(C)c1ccc(-c2ccc3c4c2OP(=O)(O)Oc2c(-c5ccc([Si](C)(C)C)cc5)ccc5c2C4(CC3)CC5)cc1. The third kappa shape index (κ3) is 4.38. The topological polar surface area (TPSA) is 55.8 Å². The highest BCUT2D eigenvalue weighted by Gasteiger charge is 2.52. The summed E-state index contributed by atoms with van der Waals surface area (Å²) in [5, 5.41) is 2.76. The first-order chi connectivity index (χ1) is 19.8. The lowest BCUT2D eigenvalue weighted by atomic mass is 9.74. The molecule has 0 saturated heterocycles. The summed E-state index contributed by atoms with van der Waals surface area (Å²) in [5.74, 6) is 1.03. The van der Waals surface area contributed by atoms with Crippen molar-refractivity contribution in [3.05, 3.63) is 95.1 Å². The Morgan fingerprint density at radius 2 is 1.00 bits per heavy atom. The molecule has 42 heavy (non-hydrogen) atoms. The maximum atomic E-state index is 13.9. The molecule has 4 aromatic rings. The molecule has 2 aliphatic carbocycles. The zero-order valence-corrected chi connectivity index (χ0v) is 28.3. The Balaban J connectivity index is 1.44. The number of hydrogen-bond acceptors (Lipinski definition) is 3. The first-order valence-corrected chi connectivity index (χ1v) is 23.5. The van der Waals surface area contributed by atoms with Crippen LogP contribution in [0.2, 0.25) is 39.3 Å². The number of hydrogen-bond donors (Lipinski definition) is 1. The minimum atomic E-state index is -4.52. The van der Waals surface area contributed by atoms with E-state index in [0.29, 0.717) is 11.5 Å². The third-order valence-electron chi connectivity index (χ3n) is 9.62. The first kappa shape index (κ1) is 27.9. The summed E-state index contributed by atoms with van der Waals surface area (Å²) in [6.07, 6.45) is 3.69. The van der Waals surface area contributed by atoms with Crippen LogP contribution in [0.15, 0.2) is 72.8 Å². The van der Waals surface area contributed by atoms with Crippen LogP contribution in [-0.2, 0) is 22.8 Å². The summed E-state index contributed by atoms with van der Waals surface area (Å²) >= 11 is 0. The molecule has 4 aromatic carbocycles. The Hall–Kier alpha value is -2.90. The summed E-state index contributed by atoms with van der Waals surface area (Å²) in [4.78, 5) is 11.3. The lowest BCUT2D eigenvalue weighted by Gasteiger charge is -2.34. The summed E-state index contributed by atoms with van der Waals surface area (Å²) in [6, 6.07) is 25.9. The van der Waals surface area contributed by atoms with Crippen molar-refractivity contribution in [2.75, 3.05) is 0 Å².